The molecular weight excluding hydrogens is 128 g/mol. The van der Waals surface area contributed by atoms with Gasteiger partial charge < -0.3 is 14.6 Å². The lowest BCUT2D eigenvalue weighted by molar-refractivity contribution is 0.416. The Balaban J connectivity index is 0. The summed E-state index contributed by atoms with van der Waals surface area (Å²) < 4.78 is 26.7. The molecule has 0 saturated heterocycles. The van der Waals surface area contributed by atoms with Crippen molar-refractivity contribution in [2.24, 2.45) is 0 Å². The lowest BCUT2D eigenvalue weighted by atomic mass is 15.8. The third-order valence-corrected chi connectivity index (χ3v) is 0. The number of hydrogen-bond acceptors (Lipinski definition) is 4. The van der Waals surface area contributed by atoms with Gasteiger partial charge in [-0.2, -0.15) is 0 Å². The highest BCUT2D eigenvalue weighted by atomic mass is 32.9. The van der Waals surface area contributed by atoms with Gasteiger partial charge in [0.05, 0.1) is 0 Å². The Bertz CT molecular complexity index is 88.7. The molecule has 0 amide bonds. The van der Waals surface area contributed by atoms with Crippen molar-refractivity contribution in [3.63, 3.8) is 0 Å². The molecule has 6 heteroatoms. The zero-order valence-electron chi connectivity index (χ0n) is 2.54. The van der Waals surface area contributed by atoms with E-state index in [4.69, 9.17) is 13.3 Å². The Kier molecular flexibility index (Phi) is 3.86. The maximum atomic E-state index is 8.89. The van der Waals surface area contributed by atoms with E-state index in [9.17, 15) is 0 Å². The van der Waals surface area contributed by atoms with Crippen molar-refractivity contribution in [1.82, 2.24) is 0 Å². The summed E-state index contributed by atoms with van der Waals surface area (Å²) in [5, 5.41) is 0. The summed E-state index contributed by atoms with van der Waals surface area (Å²) in [6, 6.07) is 0. The van der Waals surface area contributed by atoms with E-state index >= 15 is 0 Å². The fraction of sp³-hybridized carbons (Fsp3) is 0. The molecule has 0 saturated carbocycles. The molecule has 0 aliphatic carbocycles. The van der Waals surface area contributed by atoms with Crippen LogP contribution in [-0.2, 0) is 20.2 Å². The molecule has 0 rings (SSSR count). The molecule has 0 unspecified atom stereocenters. The van der Waals surface area contributed by atoms with Gasteiger partial charge >= 0.3 is 0 Å². The van der Waals surface area contributed by atoms with Gasteiger partial charge in [0.2, 0.25) is 0 Å². The quantitative estimate of drug-likeness (QED) is 0.385. The first-order valence-electron chi connectivity index (χ1n) is 0.667. The smallest absolute Gasteiger partial charge is 0.0484 e. The van der Waals surface area contributed by atoms with Crippen molar-refractivity contribution in [3.8, 4) is 0 Å². The van der Waals surface area contributed by atoms with Crippen LogP contribution >= 0.6 is 0 Å². The van der Waals surface area contributed by atoms with Crippen LogP contribution in [0.1, 0.15) is 0 Å². The maximum absolute atomic E-state index is 8.89. The summed E-state index contributed by atoms with van der Waals surface area (Å²) in [5.74, 6) is 0. The van der Waals surface area contributed by atoms with Crippen LogP contribution in [0.15, 0.2) is 0 Å². The normalized spacial score (nSPS) is 9.67. The summed E-state index contributed by atoms with van der Waals surface area (Å²) in [6.45, 7) is 0. The first kappa shape index (κ1) is 9.54. The average Bonchev–Trinajstić information content (AvgIpc) is 0.722. The third kappa shape index (κ3) is 718. The van der Waals surface area contributed by atoms with E-state index in [0.29, 0.717) is 0 Å². The number of rotatable bonds is 0. The molecule has 0 heterocycles. The average molecular weight is 130 g/mol. The van der Waals surface area contributed by atoms with Crippen LogP contribution in [0.5, 0.6) is 0 Å². The second-order valence-electron chi connectivity index (χ2n) is 0.408. The zero-order valence-corrected chi connectivity index (χ0v) is 4.17. The van der Waals surface area contributed by atoms with Crippen LogP contribution in [0.3, 0.4) is 0 Å². The minimum atomic E-state index is -4.33. The summed E-state index contributed by atoms with van der Waals surface area (Å²) >= 11 is 3.24. The molecule has 40 valence electrons. The molecule has 0 bridgehead atoms. The Morgan fingerprint density at radius 2 is 1.50 bits per heavy atom. The molecule has 0 aliphatic rings. The van der Waals surface area contributed by atoms with E-state index in [1.165, 1.54) is 0 Å². The Labute approximate surface area is 39.8 Å². The van der Waals surface area contributed by atoms with Gasteiger partial charge in [-0.1, -0.05) is 0 Å². The van der Waals surface area contributed by atoms with Crippen molar-refractivity contribution in [2.75, 3.05) is 0 Å². The molecule has 2 N–H and O–H groups in total. The molecule has 0 aromatic heterocycles. The molecule has 0 radical (unpaired) electrons. The summed E-state index contributed by atoms with van der Waals surface area (Å²) in [5.41, 5.74) is 0. The lowest BCUT2D eigenvalue weighted by Gasteiger charge is -2.12. The van der Waals surface area contributed by atoms with Gasteiger partial charge in [-0.05, 0) is 11.2 Å². The molecule has 0 atom stereocenters. The van der Waals surface area contributed by atoms with Gasteiger partial charge in [-0.3, -0.25) is 4.21 Å². The monoisotopic (exact) mass is 130 g/mol. The van der Waals surface area contributed by atoms with E-state index in [1.54, 1.807) is 0 Å². The fourth-order valence-electron chi connectivity index (χ4n) is 0. The second-order valence-corrected chi connectivity index (χ2v) is 2.45. The van der Waals surface area contributed by atoms with E-state index in [-0.39, 0.29) is 5.48 Å². The highest BCUT2D eigenvalue weighted by molar-refractivity contribution is 8.26. The molecule has 4 nitrogen and oxygen atoms in total. The van der Waals surface area contributed by atoms with Gasteiger partial charge in [0.25, 0.3) is 0 Å². The highest BCUT2D eigenvalue weighted by Crippen LogP contribution is 1.60. The lowest BCUT2D eigenvalue weighted by Crippen LogP contribution is -1.88. The predicted octanol–water partition coefficient (Wildman–Crippen LogP) is -1.83. The minimum absolute atomic E-state index is 0. The largest absolute Gasteiger partial charge is 0.780 e. The predicted molar refractivity (Wildman–Crippen MR) is 20.7 cm³/mol. The van der Waals surface area contributed by atoms with Gasteiger partial charge in [-0.15, -0.1) is 9.05 Å². The second kappa shape index (κ2) is 2.43. The van der Waals surface area contributed by atoms with Crippen LogP contribution in [0.4, 0.5) is 0 Å². The van der Waals surface area contributed by atoms with Crippen molar-refractivity contribution in [3.05, 3.63) is 0 Å². The van der Waals surface area contributed by atoms with Crippen LogP contribution in [0.2, 0.25) is 0 Å². The Morgan fingerprint density at radius 3 is 1.50 bits per heavy atom. The Morgan fingerprint density at radius 1 is 1.50 bits per heavy atom. The summed E-state index contributed by atoms with van der Waals surface area (Å²) in [6.07, 6.45) is 0. The number of hydrogen-bond donors (Lipinski definition) is 0. The topological polar surface area (TPSA) is 94.7 Å². The van der Waals surface area contributed by atoms with Crippen LogP contribution in [0, 0.1) is 0 Å². The van der Waals surface area contributed by atoms with Gasteiger partial charge in [0.1, 0.15) is 0 Å². The van der Waals surface area contributed by atoms with Crippen molar-refractivity contribution in [1.29, 1.82) is 0 Å². The standard InChI is InChI=1S/H2O3S2.H2O/c1-5(2,3)4;/h(H2,1,2,3,4);1H2/p-2. The highest BCUT2D eigenvalue weighted by Gasteiger charge is 1.43. The Hall–Kier alpha value is 0.250. The van der Waals surface area contributed by atoms with Gasteiger partial charge in [0.15, 0.2) is 0 Å². The van der Waals surface area contributed by atoms with Gasteiger partial charge in [-0.25, -0.2) is 0 Å². The van der Waals surface area contributed by atoms with Gasteiger partial charge in [0, 0.05) is 0 Å². The van der Waals surface area contributed by atoms with E-state index in [1.807, 2.05) is 0 Å². The van der Waals surface area contributed by atoms with Crippen molar-refractivity contribution in [2.45, 2.75) is 0 Å². The molecule has 0 aliphatic heterocycles. The maximum Gasteiger partial charge on any atom is -0.0484 e. The van der Waals surface area contributed by atoms with E-state index in [0.717, 1.165) is 0 Å². The van der Waals surface area contributed by atoms with Crippen molar-refractivity contribution < 1.29 is 18.8 Å². The third-order valence-electron chi connectivity index (χ3n) is 0. The first-order chi connectivity index (χ1) is 2.00. The van der Waals surface area contributed by atoms with Crippen LogP contribution < -0.4 is 0 Å². The molecular formula is H2O4S2-2. The molecule has 0 aromatic rings. The van der Waals surface area contributed by atoms with E-state index < -0.39 is 9.05 Å². The van der Waals surface area contributed by atoms with Crippen LogP contribution in [0.25, 0.3) is 0 Å². The van der Waals surface area contributed by atoms with E-state index in [2.05, 4.69) is 11.2 Å². The summed E-state index contributed by atoms with van der Waals surface area (Å²) in [7, 11) is -4.33. The molecule has 6 heavy (non-hydrogen) atoms. The fourth-order valence-corrected chi connectivity index (χ4v) is 0. The molecule has 0 fully saturated rings. The SMILES string of the molecule is O.O=S([O-])([O-])=S. The minimum Gasteiger partial charge on any atom is -0.780 e. The zero-order chi connectivity index (χ0) is 4.50. The molecule has 0 aromatic carbocycles. The first-order valence-corrected chi connectivity index (χ1v) is 3.00. The van der Waals surface area contributed by atoms with Crippen LogP contribution in [-0.4, -0.2) is 18.8 Å². The molecule has 0 spiro atoms. The van der Waals surface area contributed by atoms with Crippen molar-refractivity contribution >= 4 is 20.2 Å². The summed E-state index contributed by atoms with van der Waals surface area (Å²) in [4.78, 5) is 0.